The second-order valence-electron chi connectivity index (χ2n) is 7.15. The van der Waals surface area contributed by atoms with E-state index in [0.29, 0.717) is 16.5 Å². The van der Waals surface area contributed by atoms with Gasteiger partial charge in [-0.3, -0.25) is 9.32 Å². The number of aryl methyl sites for hydroxylation is 1. The van der Waals surface area contributed by atoms with Crippen LogP contribution < -0.4 is 20.4 Å². The first-order valence-electron chi connectivity index (χ1n) is 10.0. The van der Waals surface area contributed by atoms with E-state index in [1.807, 2.05) is 61.5 Å². The Bertz CT molecular complexity index is 1250. The Morgan fingerprint density at radius 3 is 2.34 bits per heavy atom. The van der Waals surface area contributed by atoms with Gasteiger partial charge in [0.05, 0.1) is 5.25 Å². The third-order valence-corrected chi connectivity index (χ3v) is 5.80. The summed E-state index contributed by atoms with van der Waals surface area (Å²) < 4.78 is 12.3. The van der Waals surface area contributed by atoms with E-state index < -0.39 is 10.9 Å². The maximum Gasteiger partial charge on any atom is 0.442 e. The van der Waals surface area contributed by atoms with E-state index >= 15 is 0 Å². The van der Waals surface area contributed by atoms with Gasteiger partial charge in [-0.2, -0.15) is 0 Å². The van der Waals surface area contributed by atoms with Crippen molar-refractivity contribution in [2.75, 3.05) is 5.32 Å². The van der Waals surface area contributed by atoms with Gasteiger partial charge in [-0.05, 0) is 72.0 Å². The lowest BCUT2D eigenvalue weighted by molar-refractivity contribution is -0.704. The summed E-state index contributed by atoms with van der Waals surface area (Å²) in [5.74, 6) is 1.17. The summed E-state index contributed by atoms with van der Waals surface area (Å²) >= 11 is 1.12. The van der Waals surface area contributed by atoms with Crippen LogP contribution >= 0.6 is 11.8 Å². The topological polar surface area (TPSA) is 88.2 Å². The number of benzene rings is 3. The monoisotopic (exact) mass is 448 g/mol. The van der Waals surface area contributed by atoms with Crippen molar-refractivity contribution in [2.45, 2.75) is 24.1 Å². The van der Waals surface area contributed by atoms with Gasteiger partial charge in [-0.25, -0.2) is 4.79 Å². The van der Waals surface area contributed by atoms with Crippen LogP contribution in [0.4, 0.5) is 5.69 Å². The first-order valence-corrected chi connectivity index (χ1v) is 10.9. The summed E-state index contributed by atoms with van der Waals surface area (Å²) in [6, 6.07) is 24.2. The van der Waals surface area contributed by atoms with Crippen molar-refractivity contribution in [3.63, 3.8) is 0 Å². The molecule has 1 amide bonds. The Hall–Kier alpha value is -3.78. The molecule has 4 rings (SSSR count). The molecule has 1 aromatic heterocycles. The zero-order valence-corrected chi connectivity index (χ0v) is 18.4. The van der Waals surface area contributed by atoms with E-state index in [9.17, 15) is 9.59 Å². The van der Waals surface area contributed by atoms with E-state index in [-0.39, 0.29) is 5.91 Å². The minimum absolute atomic E-state index is 0.234. The van der Waals surface area contributed by atoms with Crippen LogP contribution in [0, 0.1) is 6.92 Å². The average molecular weight is 449 g/mol. The van der Waals surface area contributed by atoms with Crippen molar-refractivity contribution in [3.8, 4) is 17.2 Å². The highest BCUT2D eigenvalue weighted by atomic mass is 32.2. The zero-order chi connectivity index (χ0) is 22.5. The number of rotatable bonds is 7. The second-order valence-corrected chi connectivity index (χ2v) is 8.48. The minimum Gasteiger partial charge on any atom is -0.457 e. The maximum absolute atomic E-state index is 12.7. The molecule has 1 unspecified atom stereocenters. The van der Waals surface area contributed by atoms with Crippen LogP contribution in [0.5, 0.6) is 11.5 Å². The van der Waals surface area contributed by atoms with Gasteiger partial charge in [0.1, 0.15) is 11.5 Å². The molecule has 32 heavy (non-hydrogen) atoms. The van der Waals surface area contributed by atoms with Gasteiger partial charge in [0.2, 0.25) is 11.6 Å². The number of carbonyl (C=O) groups excluding carboxylic acids is 1. The predicted molar refractivity (Wildman–Crippen MR) is 123 cm³/mol. The Labute approximate surface area is 189 Å². The molecule has 0 saturated heterocycles. The summed E-state index contributed by atoms with van der Waals surface area (Å²) in [5.41, 5.74) is 1.95. The number of ether oxygens (including phenoxy) is 1. The van der Waals surface area contributed by atoms with Gasteiger partial charge in [-0.15, -0.1) is 0 Å². The number of aromatic amines is 1. The van der Waals surface area contributed by atoms with E-state index in [2.05, 4.69) is 10.6 Å². The van der Waals surface area contributed by atoms with Crippen molar-refractivity contribution in [1.29, 1.82) is 0 Å². The standard InChI is InChI=1S/C24H21N3O4S/c1-16-8-12-19(13-9-16)27-23(24(29)31-26-27)32-17(2)22(28)25-18-10-14-21(15-11-18)30-20-6-4-3-5-7-20/h3-15,17H,1-2H3,(H-,25,26,28,29)/p+1. The van der Waals surface area contributed by atoms with Crippen molar-refractivity contribution < 1.29 is 18.7 Å². The largest absolute Gasteiger partial charge is 0.457 e. The molecule has 1 heterocycles. The van der Waals surface area contributed by atoms with Crippen molar-refractivity contribution in [1.82, 2.24) is 5.27 Å². The summed E-state index contributed by atoms with van der Waals surface area (Å²) in [7, 11) is 0. The highest BCUT2D eigenvalue weighted by Gasteiger charge is 2.29. The molecule has 0 aliphatic carbocycles. The number of hydrogen-bond donors (Lipinski definition) is 2. The summed E-state index contributed by atoms with van der Waals surface area (Å²) in [6.45, 7) is 3.72. The SMILES string of the molecule is Cc1ccc(-[n+]2[nH]oc(=O)c2SC(C)C(=O)Nc2ccc(Oc3ccccc3)cc2)cc1. The van der Waals surface area contributed by atoms with Gasteiger partial charge in [-0.1, -0.05) is 35.9 Å². The first-order chi connectivity index (χ1) is 15.5. The van der Waals surface area contributed by atoms with Crippen LogP contribution in [0.2, 0.25) is 0 Å². The molecule has 162 valence electrons. The predicted octanol–water partition coefficient (Wildman–Crippen LogP) is 4.46. The van der Waals surface area contributed by atoms with E-state index in [1.165, 1.54) is 4.68 Å². The normalized spacial score (nSPS) is 11.7. The van der Waals surface area contributed by atoms with Crippen LogP contribution in [0.25, 0.3) is 5.69 Å². The Kier molecular flexibility index (Phi) is 6.42. The number of nitrogens with one attached hydrogen (secondary N) is 2. The molecule has 4 aromatic rings. The first kappa shape index (κ1) is 21.5. The molecule has 7 nitrogen and oxygen atoms in total. The molecule has 0 saturated carbocycles. The molecular formula is C24H22N3O4S+. The number of hydrogen-bond acceptors (Lipinski definition) is 5. The molecular weight excluding hydrogens is 426 g/mol. The second kappa shape index (κ2) is 9.57. The van der Waals surface area contributed by atoms with E-state index in [4.69, 9.17) is 9.26 Å². The van der Waals surface area contributed by atoms with E-state index in [0.717, 1.165) is 28.8 Å². The smallest absolute Gasteiger partial charge is 0.442 e. The van der Waals surface area contributed by atoms with E-state index in [1.54, 1.807) is 31.2 Å². The Balaban J connectivity index is 1.41. The summed E-state index contributed by atoms with van der Waals surface area (Å²) in [5, 5.41) is 5.21. The molecule has 8 heteroatoms. The van der Waals surface area contributed by atoms with Crippen LogP contribution in [0.3, 0.4) is 0 Å². The molecule has 2 N–H and O–H groups in total. The number of para-hydroxylation sites is 1. The number of nitrogens with zero attached hydrogens (tertiary/aromatic N) is 1. The summed E-state index contributed by atoms with van der Waals surface area (Å²) in [6.07, 6.45) is 0. The van der Waals surface area contributed by atoms with Crippen LogP contribution in [-0.4, -0.2) is 16.4 Å². The van der Waals surface area contributed by atoms with Gasteiger partial charge in [0, 0.05) is 17.8 Å². The lowest BCUT2D eigenvalue weighted by atomic mass is 10.2. The molecule has 0 bridgehead atoms. The molecule has 3 aromatic carbocycles. The number of carbonyl (C=O) groups is 1. The molecule has 0 radical (unpaired) electrons. The van der Waals surface area contributed by atoms with Gasteiger partial charge >= 0.3 is 10.7 Å². The fourth-order valence-electron chi connectivity index (χ4n) is 2.92. The van der Waals surface area contributed by atoms with Crippen molar-refractivity contribution in [2.24, 2.45) is 0 Å². The molecule has 0 aliphatic rings. The van der Waals surface area contributed by atoms with Gasteiger partial charge < -0.3 is 10.1 Å². The average Bonchev–Trinajstić information content (AvgIpc) is 3.16. The number of aromatic nitrogens is 2. The van der Waals surface area contributed by atoms with Crippen molar-refractivity contribution in [3.05, 3.63) is 94.8 Å². The lowest BCUT2D eigenvalue weighted by Crippen LogP contribution is -2.37. The maximum atomic E-state index is 12.7. The third-order valence-electron chi connectivity index (χ3n) is 4.66. The van der Waals surface area contributed by atoms with Crippen molar-refractivity contribution >= 4 is 23.4 Å². The quantitative estimate of drug-likeness (QED) is 0.322. The number of anilines is 1. The van der Waals surface area contributed by atoms with Crippen LogP contribution in [0.1, 0.15) is 12.5 Å². The fourth-order valence-corrected chi connectivity index (χ4v) is 3.81. The lowest BCUT2D eigenvalue weighted by Gasteiger charge is -2.10. The number of H-pyrrole nitrogens is 1. The number of amides is 1. The Morgan fingerprint density at radius 1 is 1.00 bits per heavy atom. The fraction of sp³-hybridized carbons (Fsp3) is 0.125. The molecule has 0 fully saturated rings. The van der Waals surface area contributed by atoms with Gasteiger partial charge in [0.25, 0.3) is 0 Å². The molecule has 0 spiro atoms. The Morgan fingerprint density at radius 2 is 1.66 bits per heavy atom. The van der Waals surface area contributed by atoms with Gasteiger partial charge in [0.15, 0.2) is 0 Å². The van der Waals surface area contributed by atoms with Crippen LogP contribution in [-0.2, 0) is 4.79 Å². The molecule has 1 atom stereocenters. The summed E-state index contributed by atoms with van der Waals surface area (Å²) in [4.78, 5) is 24.9. The minimum atomic E-state index is -0.536. The highest BCUT2D eigenvalue weighted by molar-refractivity contribution is 8.00. The zero-order valence-electron chi connectivity index (χ0n) is 17.6. The third kappa shape index (κ3) is 5.09. The highest BCUT2D eigenvalue weighted by Crippen LogP contribution is 2.24. The van der Waals surface area contributed by atoms with Crippen LogP contribution in [0.15, 0.2) is 93.2 Å². The molecule has 0 aliphatic heterocycles. The number of thioether (sulfide) groups is 1.